The van der Waals surface area contributed by atoms with Gasteiger partial charge in [0.15, 0.2) is 0 Å². The van der Waals surface area contributed by atoms with Crippen molar-refractivity contribution in [3.63, 3.8) is 0 Å². The number of anilines is 1. The number of likely N-dealkylation sites (tertiary alicyclic amines) is 1. The van der Waals surface area contributed by atoms with Gasteiger partial charge in [-0.05, 0) is 49.4 Å². The van der Waals surface area contributed by atoms with Gasteiger partial charge in [0.25, 0.3) is 0 Å². The minimum atomic E-state index is -0.472. The Balaban J connectivity index is 1.16. The fourth-order valence-electron chi connectivity index (χ4n) is 5.00. The highest BCUT2D eigenvalue weighted by Crippen LogP contribution is 2.45. The Kier molecular flexibility index (Phi) is 5.06. The summed E-state index contributed by atoms with van der Waals surface area (Å²) in [6, 6.07) is 9.53. The summed E-state index contributed by atoms with van der Waals surface area (Å²) in [5.41, 5.74) is 1.39. The molecule has 4 heterocycles. The summed E-state index contributed by atoms with van der Waals surface area (Å²) < 4.78 is 13.1. The predicted octanol–water partition coefficient (Wildman–Crippen LogP) is 2.34. The van der Waals surface area contributed by atoms with Crippen LogP contribution in [-0.4, -0.2) is 52.5 Å². The minimum absolute atomic E-state index is 0.153. The number of fused-ring (bicyclic) bond motifs is 2. The maximum atomic E-state index is 13.1. The van der Waals surface area contributed by atoms with E-state index in [0.717, 1.165) is 37.1 Å². The van der Waals surface area contributed by atoms with E-state index < -0.39 is 5.95 Å². The summed E-state index contributed by atoms with van der Waals surface area (Å²) >= 11 is 0. The first-order chi connectivity index (χ1) is 15.1. The summed E-state index contributed by atoms with van der Waals surface area (Å²) in [7, 11) is 0. The molecule has 1 N–H and O–H groups in total. The van der Waals surface area contributed by atoms with Crippen LogP contribution in [0.3, 0.4) is 0 Å². The van der Waals surface area contributed by atoms with E-state index in [-0.39, 0.29) is 23.5 Å². The maximum absolute atomic E-state index is 13.1. The monoisotopic (exact) mass is 420 g/mol. The Morgan fingerprint density at radius 2 is 1.94 bits per heavy atom. The van der Waals surface area contributed by atoms with E-state index in [2.05, 4.69) is 26.3 Å². The molecule has 2 aromatic rings. The third-order valence-corrected chi connectivity index (χ3v) is 6.81. The first-order valence-corrected chi connectivity index (χ1v) is 10.9. The van der Waals surface area contributed by atoms with Crippen LogP contribution in [0.25, 0.3) is 0 Å². The van der Waals surface area contributed by atoms with Crippen LogP contribution in [0.2, 0.25) is 0 Å². The van der Waals surface area contributed by atoms with Crippen LogP contribution in [0, 0.1) is 17.3 Å². The van der Waals surface area contributed by atoms with Crippen LogP contribution < -0.4 is 10.2 Å². The number of hydrogen-bond acceptors (Lipinski definition) is 6. The van der Waals surface area contributed by atoms with Crippen LogP contribution in [0.1, 0.15) is 43.2 Å². The van der Waals surface area contributed by atoms with Gasteiger partial charge < -0.3 is 15.1 Å². The number of halogens is 1. The molecule has 1 aliphatic carbocycles. The molecule has 2 unspecified atom stereocenters. The molecular weight excluding hydrogens is 395 g/mol. The molecule has 5 rings (SSSR count). The molecule has 31 heavy (non-hydrogen) atoms. The molecule has 1 amide bonds. The molecule has 0 aromatic carbocycles. The molecule has 2 bridgehead atoms. The van der Waals surface area contributed by atoms with Crippen molar-refractivity contribution in [2.24, 2.45) is 0 Å². The number of nitriles is 1. The number of carbonyl (C=O) groups excluding carboxylic acids is 1. The number of rotatable bonds is 6. The van der Waals surface area contributed by atoms with Crippen molar-refractivity contribution in [2.45, 2.75) is 49.7 Å². The Morgan fingerprint density at radius 3 is 2.52 bits per heavy atom. The van der Waals surface area contributed by atoms with Gasteiger partial charge in [-0.2, -0.15) is 9.65 Å². The number of aromatic nitrogens is 2. The second-order valence-corrected chi connectivity index (χ2v) is 8.74. The van der Waals surface area contributed by atoms with Crippen molar-refractivity contribution < 1.29 is 9.18 Å². The molecule has 2 atom stereocenters. The Morgan fingerprint density at radius 1 is 1.16 bits per heavy atom. The summed E-state index contributed by atoms with van der Waals surface area (Å²) in [5.74, 6) is 0.591. The van der Waals surface area contributed by atoms with E-state index in [1.807, 2.05) is 11.0 Å². The molecule has 3 aliphatic rings. The minimum Gasteiger partial charge on any atom is -0.347 e. The number of nitrogens with one attached hydrogen (secondary N) is 1. The first-order valence-electron chi connectivity index (χ1n) is 10.9. The van der Waals surface area contributed by atoms with E-state index in [1.54, 1.807) is 24.5 Å². The fourth-order valence-corrected chi connectivity index (χ4v) is 5.00. The zero-order valence-corrected chi connectivity index (χ0v) is 17.3. The zero-order chi connectivity index (χ0) is 21.4. The Hall–Kier alpha value is -3.05. The van der Waals surface area contributed by atoms with Gasteiger partial charge in [0.05, 0.1) is 5.56 Å². The van der Waals surface area contributed by atoms with Crippen LogP contribution in [0.15, 0.2) is 36.7 Å². The van der Waals surface area contributed by atoms with E-state index in [1.165, 1.54) is 6.07 Å². The number of amides is 1. The number of hydrogen-bond donors (Lipinski definition) is 1. The van der Waals surface area contributed by atoms with Gasteiger partial charge in [-0.1, -0.05) is 6.07 Å². The van der Waals surface area contributed by atoms with Crippen molar-refractivity contribution in [3.8, 4) is 6.07 Å². The lowest BCUT2D eigenvalue weighted by atomic mass is 10.1. The lowest BCUT2D eigenvalue weighted by Gasteiger charge is -2.42. The molecule has 2 saturated heterocycles. The highest BCUT2D eigenvalue weighted by molar-refractivity contribution is 5.77. The normalized spacial score (nSPS) is 23.5. The molecule has 1 saturated carbocycles. The number of nitrogens with zero attached hydrogens (tertiary/aromatic N) is 5. The lowest BCUT2D eigenvalue weighted by Crippen LogP contribution is -2.56. The average Bonchev–Trinajstić information content (AvgIpc) is 3.53. The third kappa shape index (κ3) is 3.86. The molecule has 2 aromatic heterocycles. The van der Waals surface area contributed by atoms with Crippen LogP contribution in [0.4, 0.5) is 10.2 Å². The van der Waals surface area contributed by atoms with Crippen molar-refractivity contribution in [1.29, 1.82) is 5.26 Å². The largest absolute Gasteiger partial charge is 0.347 e. The van der Waals surface area contributed by atoms with Crippen molar-refractivity contribution in [3.05, 3.63) is 53.7 Å². The van der Waals surface area contributed by atoms with Crippen molar-refractivity contribution in [2.75, 3.05) is 24.5 Å². The third-order valence-electron chi connectivity index (χ3n) is 6.81. The number of carbonyl (C=O) groups is 1. The number of piperazine rings is 1. The van der Waals surface area contributed by atoms with Crippen LogP contribution in [0.5, 0.6) is 0 Å². The lowest BCUT2D eigenvalue weighted by molar-refractivity contribution is -0.132. The molecular formula is C23H25FN6O. The average molecular weight is 420 g/mol. The molecule has 8 heteroatoms. The van der Waals surface area contributed by atoms with E-state index in [4.69, 9.17) is 5.26 Å². The fraction of sp³-hybridized carbons (Fsp3) is 0.478. The van der Waals surface area contributed by atoms with Crippen molar-refractivity contribution >= 4 is 11.7 Å². The molecule has 2 aliphatic heterocycles. The SMILES string of the molecule is N#Cc1ccc(N2C3CCC2CN(C(=O)CCNC2(c4ccc(F)nc4)CC2)C3)nc1. The molecule has 3 fully saturated rings. The quantitative estimate of drug-likeness (QED) is 0.722. The molecule has 0 spiro atoms. The second-order valence-electron chi connectivity index (χ2n) is 8.74. The summed E-state index contributed by atoms with van der Waals surface area (Å²) in [4.78, 5) is 25.4. The van der Waals surface area contributed by atoms with Gasteiger partial charge in [-0.15, -0.1) is 0 Å². The predicted molar refractivity (Wildman–Crippen MR) is 113 cm³/mol. The standard InChI is InChI=1S/C23H25FN6O/c24-20-5-2-17(13-26-20)23(8-9-23)28-10-7-22(31)29-14-18-3-4-19(15-29)30(18)21-6-1-16(11-25)12-27-21/h1-2,5-6,12-13,18-19,28H,3-4,7-10,14-15H2. The number of pyridine rings is 2. The Bertz CT molecular complexity index is 984. The molecule has 0 radical (unpaired) electrons. The van der Waals surface area contributed by atoms with Crippen molar-refractivity contribution in [1.82, 2.24) is 20.2 Å². The maximum Gasteiger partial charge on any atom is 0.223 e. The Labute approximate surface area is 180 Å². The van der Waals surface area contributed by atoms with Crippen LogP contribution in [-0.2, 0) is 10.3 Å². The second kappa shape index (κ2) is 7.89. The summed E-state index contributed by atoms with van der Waals surface area (Å²) in [6.07, 6.45) is 7.71. The highest BCUT2D eigenvalue weighted by atomic mass is 19.1. The smallest absolute Gasteiger partial charge is 0.223 e. The van der Waals surface area contributed by atoms with Gasteiger partial charge in [-0.3, -0.25) is 4.79 Å². The molecule has 7 nitrogen and oxygen atoms in total. The van der Waals surface area contributed by atoms with E-state index in [9.17, 15) is 9.18 Å². The first kappa shape index (κ1) is 19.9. The van der Waals surface area contributed by atoms with Crippen LogP contribution >= 0.6 is 0 Å². The van der Waals surface area contributed by atoms with Gasteiger partial charge >= 0.3 is 0 Å². The highest BCUT2D eigenvalue weighted by Gasteiger charge is 2.45. The van der Waals surface area contributed by atoms with Gasteiger partial charge in [0.2, 0.25) is 11.9 Å². The van der Waals surface area contributed by atoms with Gasteiger partial charge in [-0.25, -0.2) is 9.97 Å². The zero-order valence-electron chi connectivity index (χ0n) is 17.3. The topological polar surface area (TPSA) is 85.2 Å². The van der Waals surface area contributed by atoms with Gasteiger partial charge in [0.1, 0.15) is 11.9 Å². The van der Waals surface area contributed by atoms with Gasteiger partial charge in [0, 0.05) is 56.1 Å². The summed E-state index contributed by atoms with van der Waals surface area (Å²) in [5, 5.41) is 12.5. The van der Waals surface area contributed by atoms with E-state index in [0.29, 0.717) is 31.6 Å². The van der Waals surface area contributed by atoms with E-state index >= 15 is 0 Å². The summed E-state index contributed by atoms with van der Waals surface area (Å²) in [6.45, 7) is 2.02. The molecule has 160 valence electrons.